The number of nitrogens with one attached hydrogen (secondary N) is 1. The lowest BCUT2D eigenvalue weighted by atomic mass is 10.2. The van der Waals surface area contributed by atoms with Gasteiger partial charge in [0.1, 0.15) is 0 Å². The molecule has 0 unspecified atom stereocenters. The molecule has 0 saturated carbocycles. The number of aromatic nitrogens is 3. The van der Waals surface area contributed by atoms with Gasteiger partial charge in [-0.3, -0.25) is 4.79 Å². The van der Waals surface area contributed by atoms with E-state index in [1.165, 1.54) is 11.8 Å². The van der Waals surface area contributed by atoms with Crippen molar-refractivity contribution >= 4 is 40.4 Å². The standard InChI is InChI=1S/C17H17ClN4OS/c1-2-22(10-12-6-4-3-5-7-12)15(23)11-24-17-20-14-8-13(18)9-19-16(14)21-17/h3-9H,2,10-11H2,1H3,(H,19,20,21). The van der Waals surface area contributed by atoms with Gasteiger partial charge in [-0.05, 0) is 18.6 Å². The number of nitrogens with zero attached hydrogens (tertiary/aromatic N) is 3. The van der Waals surface area contributed by atoms with Crippen LogP contribution in [0.3, 0.4) is 0 Å². The summed E-state index contributed by atoms with van der Waals surface area (Å²) in [5.41, 5.74) is 2.50. The van der Waals surface area contributed by atoms with Crippen LogP contribution in [0.25, 0.3) is 11.2 Å². The average Bonchev–Trinajstić information content (AvgIpc) is 3.00. The number of aromatic amines is 1. The predicted molar refractivity (Wildman–Crippen MR) is 97.2 cm³/mol. The molecule has 0 aliphatic rings. The van der Waals surface area contributed by atoms with Crippen LogP contribution in [0.5, 0.6) is 0 Å². The van der Waals surface area contributed by atoms with Crippen molar-refractivity contribution in [3.8, 4) is 0 Å². The first-order valence-corrected chi connectivity index (χ1v) is 8.98. The lowest BCUT2D eigenvalue weighted by molar-refractivity contribution is -0.128. The van der Waals surface area contributed by atoms with Crippen LogP contribution in [0.2, 0.25) is 5.02 Å². The Morgan fingerprint density at radius 1 is 1.33 bits per heavy atom. The Morgan fingerprint density at radius 2 is 2.12 bits per heavy atom. The molecule has 3 rings (SSSR count). The number of thioether (sulfide) groups is 1. The number of halogens is 1. The molecule has 1 aromatic carbocycles. The second kappa shape index (κ2) is 7.68. The molecule has 0 saturated heterocycles. The van der Waals surface area contributed by atoms with Crippen molar-refractivity contribution < 1.29 is 4.79 Å². The van der Waals surface area contributed by atoms with E-state index in [0.29, 0.717) is 34.7 Å². The van der Waals surface area contributed by atoms with Gasteiger partial charge in [0.2, 0.25) is 5.91 Å². The third kappa shape index (κ3) is 4.07. The van der Waals surface area contributed by atoms with Gasteiger partial charge in [-0.2, -0.15) is 0 Å². The molecule has 0 atom stereocenters. The minimum atomic E-state index is 0.0813. The maximum atomic E-state index is 12.4. The molecule has 3 aromatic rings. The van der Waals surface area contributed by atoms with Crippen LogP contribution in [0, 0.1) is 0 Å². The van der Waals surface area contributed by atoms with Gasteiger partial charge in [0.25, 0.3) is 0 Å². The van der Waals surface area contributed by atoms with E-state index in [1.807, 2.05) is 42.2 Å². The van der Waals surface area contributed by atoms with Crippen LogP contribution in [-0.2, 0) is 11.3 Å². The molecule has 24 heavy (non-hydrogen) atoms. The molecule has 5 nitrogen and oxygen atoms in total. The molecule has 2 heterocycles. The maximum Gasteiger partial charge on any atom is 0.233 e. The molecule has 7 heteroatoms. The van der Waals surface area contributed by atoms with Gasteiger partial charge < -0.3 is 9.88 Å². The van der Waals surface area contributed by atoms with Crippen molar-refractivity contribution in [1.82, 2.24) is 19.9 Å². The predicted octanol–water partition coefficient (Wildman–Crippen LogP) is 3.75. The van der Waals surface area contributed by atoms with Crippen molar-refractivity contribution in [2.24, 2.45) is 0 Å². The van der Waals surface area contributed by atoms with E-state index >= 15 is 0 Å². The molecule has 1 N–H and O–H groups in total. The van der Waals surface area contributed by atoms with E-state index in [4.69, 9.17) is 11.6 Å². The summed E-state index contributed by atoms with van der Waals surface area (Å²) in [5.74, 6) is 0.409. The fraction of sp³-hybridized carbons (Fsp3) is 0.235. The average molecular weight is 361 g/mol. The van der Waals surface area contributed by atoms with Gasteiger partial charge in [-0.1, -0.05) is 53.7 Å². The summed E-state index contributed by atoms with van der Waals surface area (Å²) in [5, 5.41) is 1.22. The molecule has 2 aromatic heterocycles. The molecule has 0 aliphatic heterocycles. The maximum absolute atomic E-state index is 12.4. The van der Waals surface area contributed by atoms with E-state index in [-0.39, 0.29) is 5.91 Å². The summed E-state index contributed by atoms with van der Waals surface area (Å²) in [6, 6.07) is 11.8. The summed E-state index contributed by atoms with van der Waals surface area (Å²) in [7, 11) is 0. The molecule has 0 aliphatic carbocycles. The number of amides is 1. The second-order valence-electron chi connectivity index (χ2n) is 5.25. The van der Waals surface area contributed by atoms with Gasteiger partial charge in [0, 0.05) is 19.3 Å². The summed E-state index contributed by atoms with van der Waals surface area (Å²) in [6.07, 6.45) is 1.56. The van der Waals surface area contributed by atoms with Gasteiger partial charge in [0.05, 0.1) is 16.3 Å². The third-order valence-corrected chi connectivity index (χ3v) is 4.63. The summed E-state index contributed by atoms with van der Waals surface area (Å²) >= 11 is 7.29. The fourth-order valence-electron chi connectivity index (χ4n) is 2.32. The molecule has 0 fully saturated rings. The molecule has 0 radical (unpaired) electrons. The largest absolute Gasteiger partial charge is 0.338 e. The minimum Gasteiger partial charge on any atom is -0.338 e. The second-order valence-corrected chi connectivity index (χ2v) is 6.65. The van der Waals surface area contributed by atoms with Crippen LogP contribution >= 0.6 is 23.4 Å². The minimum absolute atomic E-state index is 0.0813. The summed E-state index contributed by atoms with van der Waals surface area (Å²) in [6.45, 7) is 3.28. The Morgan fingerprint density at radius 3 is 2.88 bits per heavy atom. The summed E-state index contributed by atoms with van der Waals surface area (Å²) < 4.78 is 0. The van der Waals surface area contributed by atoms with Crippen LogP contribution in [-0.4, -0.2) is 38.1 Å². The van der Waals surface area contributed by atoms with E-state index < -0.39 is 0 Å². The molecular formula is C17H17ClN4OS. The molecule has 1 amide bonds. The van der Waals surface area contributed by atoms with Gasteiger partial charge >= 0.3 is 0 Å². The van der Waals surface area contributed by atoms with Crippen molar-refractivity contribution in [3.05, 3.63) is 53.2 Å². The lowest BCUT2D eigenvalue weighted by Gasteiger charge is -2.20. The highest BCUT2D eigenvalue weighted by Crippen LogP contribution is 2.21. The number of hydrogen-bond donors (Lipinski definition) is 1. The smallest absolute Gasteiger partial charge is 0.233 e. The van der Waals surface area contributed by atoms with E-state index in [1.54, 1.807) is 12.3 Å². The van der Waals surface area contributed by atoms with E-state index in [9.17, 15) is 4.79 Å². The first-order chi connectivity index (χ1) is 11.7. The Kier molecular flexibility index (Phi) is 5.37. The number of carbonyl (C=O) groups excluding carboxylic acids is 1. The SMILES string of the molecule is CCN(Cc1ccccc1)C(=O)CSc1nc2ncc(Cl)cc2[nH]1. The van der Waals surface area contributed by atoms with Gasteiger partial charge in [-0.15, -0.1) is 0 Å². The topological polar surface area (TPSA) is 61.9 Å². The lowest BCUT2D eigenvalue weighted by Crippen LogP contribution is -2.31. The summed E-state index contributed by atoms with van der Waals surface area (Å²) in [4.78, 5) is 25.9. The van der Waals surface area contributed by atoms with E-state index in [2.05, 4.69) is 15.0 Å². The Labute approximate surface area is 149 Å². The normalized spacial score (nSPS) is 10.9. The number of H-pyrrole nitrogens is 1. The quantitative estimate of drug-likeness (QED) is 0.680. The van der Waals surface area contributed by atoms with Gasteiger partial charge in [-0.25, -0.2) is 9.97 Å². The zero-order chi connectivity index (χ0) is 16.9. The Hall–Kier alpha value is -2.05. The monoisotopic (exact) mass is 360 g/mol. The van der Waals surface area contributed by atoms with Crippen molar-refractivity contribution in [2.45, 2.75) is 18.6 Å². The third-order valence-electron chi connectivity index (χ3n) is 3.57. The molecule has 124 valence electrons. The zero-order valence-electron chi connectivity index (χ0n) is 13.2. The molecular weight excluding hydrogens is 344 g/mol. The number of benzene rings is 1. The molecule has 0 bridgehead atoms. The highest BCUT2D eigenvalue weighted by atomic mass is 35.5. The van der Waals surface area contributed by atoms with Crippen LogP contribution in [0.1, 0.15) is 12.5 Å². The van der Waals surface area contributed by atoms with Crippen molar-refractivity contribution in [3.63, 3.8) is 0 Å². The number of imidazole rings is 1. The number of carbonyl (C=O) groups is 1. The number of pyridine rings is 1. The highest BCUT2D eigenvalue weighted by Gasteiger charge is 2.14. The Bertz CT molecular complexity index is 837. The van der Waals surface area contributed by atoms with Crippen molar-refractivity contribution in [1.29, 1.82) is 0 Å². The number of hydrogen-bond acceptors (Lipinski definition) is 4. The van der Waals surface area contributed by atoms with Crippen LogP contribution < -0.4 is 0 Å². The number of fused-ring (bicyclic) bond motifs is 1. The van der Waals surface area contributed by atoms with Crippen molar-refractivity contribution in [2.75, 3.05) is 12.3 Å². The van der Waals surface area contributed by atoms with E-state index in [0.717, 1.165) is 11.1 Å². The van der Waals surface area contributed by atoms with Gasteiger partial charge in [0.15, 0.2) is 10.8 Å². The first-order valence-electron chi connectivity index (χ1n) is 7.61. The zero-order valence-corrected chi connectivity index (χ0v) is 14.8. The Balaban J connectivity index is 1.62. The molecule has 0 spiro atoms. The van der Waals surface area contributed by atoms with Crippen LogP contribution in [0.4, 0.5) is 0 Å². The first kappa shape index (κ1) is 16.8. The van der Waals surface area contributed by atoms with Crippen LogP contribution in [0.15, 0.2) is 47.8 Å². The highest BCUT2D eigenvalue weighted by molar-refractivity contribution is 7.99. The fourth-order valence-corrected chi connectivity index (χ4v) is 3.26. The number of rotatable bonds is 6.